The van der Waals surface area contributed by atoms with Gasteiger partial charge in [-0.15, -0.1) is 0 Å². The van der Waals surface area contributed by atoms with E-state index in [2.05, 4.69) is 32.2 Å². The van der Waals surface area contributed by atoms with Crippen molar-refractivity contribution in [3.05, 3.63) is 29.5 Å². The van der Waals surface area contributed by atoms with Gasteiger partial charge in [0.15, 0.2) is 11.3 Å². The van der Waals surface area contributed by atoms with Crippen molar-refractivity contribution in [1.82, 2.24) is 5.32 Å². The van der Waals surface area contributed by atoms with Crippen LogP contribution in [-0.4, -0.2) is 13.2 Å². The average molecular weight is 247 g/mol. The lowest BCUT2D eigenvalue weighted by Crippen LogP contribution is -2.21. The first-order valence-electron chi connectivity index (χ1n) is 6.46. The van der Waals surface area contributed by atoms with E-state index in [1.54, 1.807) is 7.11 Å². The molecule has 1 aromatic carbocycles. The molecule has 0 aliphatic heterocycles. The number of aryl methyl sites for hydroxylation is 1. The van der Waals surface area contributed by atoms with Crippen LogP contribution in [0.4, 0.5) is 0 Å². The Morgan fingerprint density at radius 2 is 2.11 bits per heavy atom. The second-order valence-electron chi connectivity index (χ2n) is 4.82. The molecule has 0 atom stereocenters. The molecule has 3 nitrogen and oxygen atoms in total. The minimum Gasteiger partial charge on any atom is -0.493 e. The van der Waals surface area contributed by atoms with Gasteiger partial charge in [0.25, 0.3) is 0 Å². The van der Waals surface area contributed by atoms with Crippen LogP contribution in [0.1, 0.15) is 31.9 Å². The summed E-state index contributed by atoms with van der Waals surface area (Å²) in [6, 6.07) is 4.70. The van der Waals surface area contributed by atoms with Gasteiger partial charge in [-0.3, -0.25) is 0 Å². The number of hydrogen-bond donors (Lipinski definition) is 1. The number of nitrogens with one attached hydrogen (secondary N) is 1. The van der Waals surface area contributed by atoms with Crippen LogP contribution in [0.2, 0.25) is 0 Å². The Hall–Kier alpha value is -1.48. The normalized spacial score (nSPS) is 11.4. The lowest BCUT2D eigenvalue weighted by Gasteiger charge is -2.07. The van der Waals surface area contributed by atoms with Crippen molar-refractivity contribution in [2.24, 2.45) is 0 Å². The highest BCUT2D eigenvalue weighted by Crippen LogP contribution is 2.31. The standard InChI is InChI=1S/C15H21NO2/c1-5-11-6-13-12(8-16-10(2)3)9-18-15(13)14(7-11)17-4/h6-7,9-10,16H,5,8H2,1-4H3. The number of furan rings is 1. The molecule has 1 heterocycles. The molecule has 98 valence electrons. The molecule has 0 aliphatic rings. The van der Waals surface area contributed by atoms with Gasteiger partial charge in [0.1, 0.15) is 0 Å². The first-order chi connectivity index (χ1) is 8.65. The summed E-state index contributed by atoms with van der Waals surface area (Å²) in [5, 5.41) is 4.57. The molecule has 1 aromatic heterocycles. The van der Waals surface area contributed by atoms with Crippen LogP contribution in [0.25, 0.3) is 11.0 Å². The Morgan fingerprint density at radius 3 is 2.72 bits per heavy atom. The Balaban J connectivity index is 2.43. The summed E-state index contributed by atoms with van der Waals surface area (Å²) in [7, 11) is 1.68. The van der Waals surface area contributed by atoms with E-state index in [9.17, 15) is 0 Å². The van der Waals surface area contributed by atoms with Crippen molar-refractivity contribution in [2.75, 3.05) is 7.11 Å². The largest absolute Gasteiger partial charge is 0.493 e. The van der Waals surface area contributed by atoms with Gasteiger partial charge in [0.2, 0.25) is 0 Å². The Labute approximate surface area is 108 Å². The van der Waals surface area contributed by atoms with E-state index < -0.39 is 0 Å². The molecule has 0 amide bonds. The van der Waals surface area contributed by atoms with Gasteiger partial charge in [-0.2, -0.15) is 0 Å². The summed E-state index contributed by atoms with van der Waals surface area (Å²) in [5.41, 5.74) is 3.30. The van der Waals surface area contributed by atoms with E-state index in [1.165, 1.54) is 11.1 Å². The number of hydrogen-bond acceptors (Lipinski definition) is 3. The predicted molar refractivity (Wildman–Crippen MR) is 74.1 cm³/mol. The second kappa shape index (κ2) is 5.44. The zero-order chi connectivity index (χ0) is 13.1. The van der Waals surface area contributed by atoms with Crippen LogP contribution in [0.15, 0.2) is 22.8 Å². The summed E-state index contributed by atoms with van der Waals surface area (Å²) in [6.45, 7) is 7.24. The molecule has 2 rings (SSSR count). The molecule has 0 spiro atoms. The van der Waals surface area contributed by atoms with Gasteiger partial charge in [-0.05, 0) is 24.1 Å². The van der Waals surface area contributed by atoms with Crippen molar-refractivity contribution in [3.63, 3.8) is 0 Å². The van der Waals surface area contributed by atoms with Crippen molar-refractivity contribution in [3.8, 4) is 5.75 Å². The van der Waals surface area contributed by atoms with Crippen molar-refractivity contribution < 1.29 is 9.15 Å². The molecular formula is C15H21NO2. The quantitative estimate of drug-likeness (QED) is 0.878. The summed E-state index contributed by atoms with van der Waals surface area (Å²) in [4.78, 5) is 0. The van der Waals surface area contributed by atoms with E-state index in [0.29, 0.717) is 6.04 Å². The van der Waals surface area contributed by atoms with Crippen LogP contribution in [0, 0.1) is 0 Å². The third kappa shape index (κ3) is 2.51. The third-order valence-electron chi connectivity index (χ3n) is 3.11. The van der Waals surface area contributed by atoms with Gasteiger partial charge in [0.05, 0.1) is 13.4 Å². The first-order valence-corrected chi connectivity index (χ1v) is 6.46. The van der Waals surface area contributed by atoms with Gasteiger partial charge >= 0.3 is 0 Å². The zero-order valence-electron chi connectivity index (χ0n) is 11.5. The molecule has 18 heavy (non-hydrogen) atoms. The molecule has 0 saturated carbocycles. The highest BCUT2D eigenvalue weighted by Gasteiger charge is 2.12. The highest BCUT2D eigenvalue weighted by atomic mass is 16.5. The number of benzene rings is 1. The fraction of sp³-hybridized carbons (Fsp3) is 0.467. The van der Waals surface area contributed by atoms with Gasteiger partial charge in [-0.25, -0.2) is 0 Å². The van der Waals surface area contributed by atoms with Crippen LogP contribution < -0.4 is 10.1 Å². The summed E-state index contributed by atoms with van der Waals surface area (Å²) in [5.74, 6) is 0.820. The van der Waals surface area contributed by atoms with Crippen molar-refractivity contribution in [1.29, 1.82) is 0 Å². The van der Waals surface area contributed by atoms with Crippen LogP contribution in [-0.2, 0) is 13.0 Å². The van der Waals surface area contributed by atoms with E-state index >= 15 is 0 Å². The lowest BCUT2D eigenvalue weighted by molar-refractivity contribution is 0.409. The van der Waals surface area contributed by atoms with E-state index in [1.807, 2.05) is 12.3 Å². The maximum atomic E-state index is 5.64. The third-order valence-corrected chi connectivity index (χ3v) is 3.11. The van der Waals surface area contributed by atoms with Crippen LogP contribution in [0.3, 0.4) is 0 Å². The molecule has 1 N–H and O–H groups in total. The minimum atomic E-state index is 0.464. The maximum Gasteiger partial charge on any atom is 0.176 e. The first kappa shape index (κ1) is 13.0. The summed E-state index contributed by atoms with van der Waals surface area (Å²) < 4.78 is 11.0. The molecule has 2 aromatic rings. The summed E-state index contributed by atoms with van der Waals surface area (Å²) in [6.07, 6.45) is 2.82. The van der Waals surface area contributed by atoms with E-state index in [4.69, 9.17) is 9.15 Å². The van der Waals surface area contributed by atoms with Crippen molar-refractivity contribution >= 4 is 11.0 Å². The second-order valence-corrected chi connectivity index (χ2v) is 4.82. The van der Waals surface area contributed by atoms with Crippen LogP contribution in [0.5, 0.6) is 5.75 Å². The number of rotatable bonds is 5. The van der Waals surface area contributed by atoms with E-state index in [0.717, 1.165) is 29.7 Å². The van der Waals surface area contributed by atoms with E-state index in [-0.39, 0.29) is 0 Å². The Bertz CT molecular complexity index is 529. The minimum absolute atomic E-state index is 0.464. The summed E-state index contributed by atoms with van der Waals surface area (Å²) >= 11 is 0. The maximum absolute atomic E-state index is 5.64. The van der Waals surface area contributed by atoms with Gasteiger partial charge in [0, 0.05) is 23.5 Å². The van der Waals surface area contributed by atoms with Gasteiger partial charge < -0.3 is 14.5 Å². The molecule has 3 heteroatoms. The smallest absolute Gasteiger partial charge is 0.176 e. The SMILES string of the molecule is CCc1cc(OC)c2occ(CNC(C)C)c2c1. The monoisotopic (exact) mass is 247 g/mol. The molecule has 0 bridgehead atoms. The number of ether oxygens (including phenoxy) is 1. The van der Waals surface area contributed by atoms with Crippen molar-refractivity contribution in [2.45, 2.75) is 39.8 Å². The number of fused-ring (bicyclic) bond motifs is 1. The molecule has 0 aliphatic carbocycles. The molecule has 0 saturated heterocycles. The molecule has 0 fully saturated rings. The predicted octanol–water partition coefficient (Wildman–Crippen LogP) is 3.50. The average Bonchev–Trinajstić information content (AvgIpc) is 2.78. The Morgan fingerprint density at radius 1 is 1.33 bits per heavy atom. The highest BCUT2D eigenvalue weighted by molar-refractivity contribution is 5.87. The fourth-order valence-corrected chi connectivity index (χ4v) is 2.02. The Kier molecular flexibility index (Phi) is 3.92. The van der Waals surface area contributed by atoms with Gasteiger partial charge in [-0.1, -0.05) is 20.8 Å². The lowest BCUT2D eigenvalue weighted by atomic mass is 10.1. The zero-order valence-corrected chi connectivity index (χ0v) is 11.5. The molecular weight excluding hydrogens is 226 g/mol. The van der Waals surface area contributed by atoms with Crippen LogP contribution >= 0.6 is 0 Å². The topological polar surface area (TPSA) is 34.4 Å². The fourth-order valence-electron chi connectivity index (χ4n) is 2.02. The molecule has 0 unspecified atom stereocenters. The molecule has 0 radical (unpaired) electrons. The number of methoxy groups -OCH3 is 1.